The van der Waals surface area contributed by atoms with Crippen LogP contribution in [0.1, 0.15) is 0 Å². The third-order valence-electron chi connectivity index (χ3n) is 1.76. The number of hydrogen-bond acceptors (Lipinski definition) is 3. The monoisotopic (exact) mass is 308 g/mol. The second-order valence-electron chi connectivity index (χ2n) is 2.94. The smallest absolute Gasteiger partial charge is 0.242 e. The van der Waals surface area contributed by atoms with Crippen LogP contribution in [0, 0.1) is 5.82 Å². The lowest BCUT2D eigenvalue weighted by Gasteiger charge is -2.08. The van der Waals surface area contributed by atoms with Crippen molar-refractivity contribution in [2.45, 2.75) is 4.90 Å². The maximum Gasteiger partial charge on any atom is 0.242 e. The molecule has 1 rings (SSSR count). The minimum absolute atomic E-state index is 0.0423. The quantitative estimate of drug-likeness (QED) is 0.656. The van der Waals surface area contributed by atoms with Crippen LogP contribution in [0.2, 0.25) is 0 Å². The van der Waals surface area contributed by atoms with Gasteiger partial charge in [-0.15, -0.1) is 6.58 Å². The standard InChI is InChI=1S/C9H10BrFN2O2S/c1-2-3-13-16(14,15)9-4-6(10)7(11)5-8(9)12/h2,4-5,13H,1,3,12H2. The zero-order valence-corrected chi connectivity index (χ0v) is 10.6. The Balaban J connectivity index is 3.23. The van der Waals surface area contributed by atoms with Gasteiger partial charge in [0.05, 0.1) is 10.2 Å². The number of nitrogen functional groups attached to an aromatic ring is 1. The Labute approximate surface area is 102 Å². The molecule has 0 aliphatic rings. The zero-order valence-electron chi connectivity index (χ0n) is 8.20. The van der Waals surface area contributed by atoms with Crippen LogP contribution in [0.4, 0.5) is 10.1 Å². The van der Waals surface area contributed by atoms with Gasteiger partial charge < -0.3 is 5.73 Å². The molecule has 0 heterocycles. The van der Waals surface area contributed by atoms with Gasteiger partial charge in [-0.1, -0.05) is 6.08 Å². The molecule has 0 saturated carbocycles. The highest BCUT2D eigenvalue weighted by Crippen LogP contribution is 2.25. The summed E-state index contributed by atoms with van der Waals surface area (Å²) in [5.41, 5.74) is 5.30. The third-order valence-corrected chi connectivity index (χ3v) is 3.85. The fourth-order valence-corrected chi connectivity index (χ4v) is 2.65. The highest BCUT2D eigenvalue weighted by atomic mass is 79.9. The van der Waals surface area contributed by atoms with Gasteiger partial charge in [-0.3, -0.25) is 0 Å². The third kappa shape index (κ3) is 2.81. The normalized spacial score (nSPS) is 11.4. The van der Waals surface area contributed by atoms with Gasteiger partial charge in [0.2, 0.25) is 10.0 Å². The van der Waals surface area contributed by atoms with Gasteiger partial charge in [0.15, 0.2) is 0 Å². The molecule has 3 N–H and O–H groups in total. The number of rotatable bonds is 4. The first kappa shape index (κ1) is 13.1. The van der Waals surface area contributed by atoms with Crippen molar-refractivity contribution in [1.82, 2.24) is 4.72 Å². The van der Waals surface area contributed by atoms with Gasteiger partial charge in [0, 0.05) is 6.54 Å². The maximum absolute atomic E-state index is 13.0. The molecule has 0 atom stereocenters. The Hall–Kier alpha value is -0.920. The molecule has 0 unspecified atom stereocenters. The minimum atomic E-state index is -3.74. The van der Waals surface area contributed by atoms with E-state index in [0.717, 1.165) is 12.1 Å². The number of hydrogen-bond donors (Lipinski definition) is 2. The lowest BCUT2D eigenvalue weighted by atomic mass is 10.3. The highest BCUT2D eigenvalue weighted by Gasteiger charge is 2.18. The first-order valence-corrected chi connectivity index (χ1v) is 6.51. The van der Waals surface area contributed by atoms with Crippen LogP contribution in [-0.2, 0) is 10.0 Å². The Bertz CT molecular complexity index is 516. The van der Waals surface area contributed by atoms with Crippen LogP contribution in [-0.4, -0.2) is 15.0 Å². The van der Waals surface area contributed by atoms with Crippen molar-refractivity contribution in [2.24, 2.45) is 0 Å². The molecule has 7 heteroatoms. The molecule has 16 heavy (non-hydrogen) atoms. The van der Waals surface area contributed by atoms with Gasteiger partial charge in [-0.25, -0.2) is 17.5 Å². The van der Waals surface area contributed by atoms with Crippen LogP contribution in [0.15, 0.2) is 34.2 Å². The van der Waals surface area contributed by atoms with Crippen molar-refractivity contribution in [3.05, 3.63) is 35.1 Å². The topological polar surface area (TPSA) is 72.2 Å². The van der Waals surface area contributed by atoms with E-state index in [4.69, 9.17) is 5.73 Å². The van der Waals surface area contributed by atoms with E-state index in [9.17, 15) is 12.8 Å². The number of halogens is 2. The molecule has 0 fully saturated rings. The van der Waals surface area contributed by atoms with E-state index >= 15 is 0 Å². The summed E-state index contributed by atoms with van der Waals surface area (Å²) in [5.74, 6) is -0.611. The molecule has 4 nitrogen and oxygen atoms in total. The summed E-state index contributed by atoms with van der Waals surface area (Å²) in [6, 6.07) is 2.07. The molecule has 0 amide bonds. The Morgan fingerprint density at radius 3 is 2.75 bits per heavy atom. The molecular formula is C9H10BrFN2O2S. The van der Waals surface area contributed by atoms with Gasteiger partial charge in [0.1, 0.15) is 10.7 Å². The molecule has 0 aliphatic carbocycles. The number of sulfonamides is 1. The highest BCUT2D eigenvalue weighted by molar-refractivity contribution is 9.10. The minimum Gasteiger partial charge on any atom is -0.398 e. The zero-order chi connectivity index (χ0) is 12.3. The summed E-state index contributed by atoms with van der Waals surface area (Å²) < 4.78 is 38.7. The second-order valence-corrected chi connectivity index (χ2v) is 5.53. The SMILES string of the molecule is C=CCNS(=O)(=O)c1cc(Br)c(F)cc1N. The average Bonchev–Trinajstić information content (AvgIpc) is 2.20. The fourth-order valence-electron chi connectivity index (χ4n) is 1.02. The van der Waals surface area contributed by atoms with Crippen molar-refractivity contribution in [1.29, 1.82) is 0 Å². The van der Waals surface area contributed by atoms with E-state index in [0.29, 0.717) is 0 Å². The largest absolute Gasteiger partial charge is 0.398 e. The molecule has 0 aliphatic heterocycles. The van der Waals surface area contributed by atoms with E-state index in [2.05, 4.69) is 27.2 Å². The Kier molecular flexibility index (Phi) is 4.06. The van der Waals surface area contributed by atoms with E-state index in [-0.39, 0.29) is 21.6 Å². The van der Waals surface area contributed by atoms with Gasteiger partial charge in [-0.2, -0.15) is 0 Å². The van der Waals surface area contributed by atoms with Crippen molar-refractivity contribution in [2.75, 3.05) is 12.3 Å². The Morgan fingerprint density at radius 1 is 1.56 bits per heavy atom. The summed E-state index contributed by atoms with van der Waals surface area (Å²) in [7, 11) is -3.74. The summed E-state index contributed by atoms with van der Waals surface area (Å²) in [4.78, 5) is -0.164. The summed E-state index contributed by atoms with van der Waals surface area (Å²) in [6.07, 6.45) is 1.40. The van der Waals surface area contributed by atoms with Gasteiger partial charge in [0.25, 0.3) is 0 Å². The first-order valence-electron chi connectivity index (χ1n) is 4.23. The molecule has 88 valence electrons. The molecule has 0 saturated heterocycles. The number of benzene rings is 1. The number of anilines is 1. The predicted octanol–water partition coefficient (Wildman–Crippen LogP) is 1.63. The molecule has 0 aromatic heterocycles. The van der Waals surface area contributed by atoms with Gasteiger partial charge in [-0.05, 0) is 28.1 Å². The van der Waals surface area contributed by atoms with Gasteiger partial charge >= 0.3 is 0 Å². The van der Waals surface area contributed by atoms with Crippen molar-refractivity contribution in [3.8, 4) is 0 Å². The van der Waals surface area contributed by atoms with E-state index in [1.54, 1.807) is 0 Å². The summed E-state index contributed by atoms with van der Waals surface area (Å²) in [5, 5.41) is 0. The molecule has 0 spiro atoms. The van der Waals surface area contributed by atoms with Crippen molar-refractivity contribution >= 4 is 31.6 Å². The van der Waals surface area contributed by atoms with Crippen molar-refractivity contribution < 1.29 is 12.8 Å². The lowest BCUT2D eigenvalue weighted by molar-refractivity contribution is 0.584. The van der Waals surface area contributed by atoms with E-state index in [1.165, 1.54) is 6.08 Å². The number of nitrogens with one attached hydrogen (secondary N) is 1. The van der Waals surface area contributed by atoms with Crippen LogP contribution in [0.5, 0.6) is 0 Å². The molecule has 0 radical (unpaired) electrons. The summed E-state index contributed by atoms with van der Waals surface area (Å²) >= 11 is 2.90. The molecule has 1 aromatic rings. The van der Waals surface area contributed by atoms with E-state index < -0.39 is 15.8 Å². The van der Waals surface area contributed by atoms with Crippen LogP contribution < -0.4 is 10.5 Å². The predicted molar refractivity (Wildman–Crippen MR) is 63.9 cm³/mol. The van der Waals surface area contributed by atoms with Crippen LogP contribution >= 0.6 is 15.9 Å². The molecular weight excluding hydrogens is 299 g/mol. The maximum atomic E-state index is 13.0. The Morgan fingerprint density at radius 2 is 2.19 bits per heavy atom. The molecule has 1 aromatic carbocycles. The second kappa shape index (κ2) is 4.94. The summed E-state index contributed by atoms with van der Waals surface area (Å²) in [6.45, 7) is 3.46. The van der Waals surface area contributed by atoms with Crippen molar-refractivity contribution in [3.63, 3.8) is 0 Å². The molecule has 0 bridgehead atoms. The number of nitrogens with two attached hydrogens (primary N) is 1. The van der Waals surface area contributed by atoms with Crippen LogP contribution in [0.3, 0.4) is 0 Å². The average molecular weight is 309 g/mol. The van der Waals surface area contributed by atoms with Crippen LogP contribution in [0.25, 0.3) is 0 Å². The fraction of sp³-hybridized carbons (Fsp3) is 0.111. The lowest BCUT2D eigenvalue weighted by Crippen LogP contribution is -2.24. The first-order chi connectivity index (χ1) is 7.38. The van der Waals surface area contributed by atoms with E-state index in [1.807, 2.05) is 0 Å².